The molecule has 1 saturated heterocycles. The van der Waals surface area contributed by atoms with Crippen molar-refractivity contribution in [2.75, 3.05) is 11.9 Å². The van der Waals surface area contributed by atoms with Gasteiger partial charge in [0.15, 0.2) is 0 Å². The zero-order chi connectivity index (χ0) is 18.9. The third-order valence-corrected chi connectivity index (χ3v) is 6.36. The summed E-state index contributed by atoms with van der Waals surface area (Å²) in [5.41, 5.74) is 1.22. The standard InChI is InChI=1S/C18H23N3O4S/c1-12(2)18-11-16(20-25-18)17-5-4-10-21(17)26(23,24)15-8-6-14(7-9-15)19-13(3)22/h6-9,11-12,17H,4-5,10H2,1-3H3,(H,19,22)/t17-/m1/s1. The molecule has 1 atom stereocenters. The summed E-state index contributed by atoms with van der Waals surface area (Å²) < 4.78 is 33.0. The molecule has 0 unspecified atom stereocenters. The predicted octanol–water partition coefficient (Wildman–Crippen LogP) is 3.28. The SMILES string of the molecule is CC(=O)Nc1ccc(S(=O)(=O)N2CCC[C@@H]2c2cc(C(C)C)on2)cc1. The quantitative estimate of drug-likeness (QED) is 0.863. The van der Waals surface area contributed by atoms with Gasteiger partial charge in [-0.25, -0.2) is 8.42 Å². The van der Waals surface area contributed by atoms with Crippen LogP contribution in [-0.2, 0) is 14.8 Å². The topological polar surface area (TPSA) is 92.5 Å². The Labute approximate surface area is 153 Å². The number of carbonyl (C=O) groups is 1. The highest BCUT2D eigenvalue weighted by molar-refractivity contribution is 7.89. The van der Waals surface area contributed by atoms with Gasteiger partial charge in [-0.15, -0.1) is 0 Å². The highest BCUT2D eigenvalue weighted by Gasteiger charge is 2.38. The zero-order valence-corrected chi connectivity index (χ0v) is 15.9. The van der Waals surface area contributed by atoms with Crippen molar-refractivity contribution < 1.29 is 17.7 Å². The molecule has 26 heavy (non-hydrogen) atoms. The molecular weight excluding hydrogens is 354 g/mol. The summed E-state index contributed by atoms with van der Waals surface area (Å²) in [6.45, 7) is 5.86. The highest BCUT2D eigenvalue weighted by Crippen LogP contribution is 2.37. The summed E-state index contributed by atoms with van der Waals surface area (Å²) >= 11 is 0. The lowest BCUT2D eigenvalue weighted by Crippen LogP contribution is -2.30. The third kappa shape index (κ3) is 3.66. The number of amides is 1. The number of nitrogens with zero attached hydrogens (tertiary/aromatic N) is 2. The summed E-state index contributed by atoms with van der Waals surface area (Å²) in [7, 11) is -3.65. The first-order valence-corrected chi connectivity index (χ1v) is 10.1. The molecule has 1 aromatic heterocycles. The van der Waals surface area contributed by atoms with E-state index in [-0.39, 0.29) is 22.8 Å². The second-order valence-corrected chi connectivity index (χ2v) is 8.68. The second-order valence-electron chi connectivity index (χ2n) is 6.79. The Morgan fingerprint density at radius 2 is 2.00 bits per heavy atom. The van der Waals surface area contributed by atoms with Crippen molar-refractivity contribution >= 4 is 21.6 Å². The van der Waals surface area contributed by atoms with Crippen LogP contribution in [0.5, 0.6) is 0 Å². The Kier molecular flexibility index (Phi) is 5.15. The molecule has 1 amide bonds. The average Bonchev–Trinajstić information content (AvgIpc) is 3.24. The molecule has 140 valence electrons. The predicted molar refractivity (Wildman–Crippen MR) is 97.2 cm³/mol. The van der Waals surface area contributed by atoms with Crippen LogP contribution >= 0.6 is 0 Å². The van der Waals surface area contributed by atoms with E-state index in [9.17, 15) is 13.2 Å². The van der Waals surface area contributed by atoms with Crippen LogP contribution in [0.1, 0.15) is 57.0 Å². The number of aromatic nitrogens is 1. The number of hydrogen-bond acceptors (Lipinski definition) is 5. The first-order chi connectivity index (χ1) is 12.3. The van der Waals surface area contributed by atoms with Crippen LogP contribution in [0.15, 0.2) is 39.8 Å². The van der Waals surface area contributed by atoms with Crippen LogP contribution in [0, 0.1) is 0 Å². The highest BCUT2D eigenvalue weighted by atomic mass is 32.2. The second kappa shape index (κ2) is 7.20. The van der Waals surface area contributed by atoms with Crippen LogP contribution in [0.2, 0.25) is 0 Å². The molecule has 0 spiro atoms. The van der Waals surface area contributed by atoms with Crippen molar-refractivity contribution in [3.05, 3.63) is 41.8 Å². The van der Waals surface area contributed by atoms with E-state index in [1.807, 2.05) is 19.9 Å². The van der Waals surface area contributed by atoms with E-state index in [2.05, 4.69) is 10.5 Å². The number of sulfonamides is 1. The average molecular weight is 377 g/mol. The van der Waals surface area contributed by atoms with Gasteiger partial charge in [0.2, 0.25) is 15.9 Å². The molecule has 8 heteroatoms. The fourth-order valence-corrected chi connectivity index (χ4v) is 4.77. The van der Waals surface area contributed by atoms with Gasteiger partial charge < -0.3 is 9.84 Å². The molecule has 2 heterocycles. The fraction of sp³-hybridized carbons (Fsp3) is 0.444. The van der Waals surface area contributed by atoms with Gasteiger partial charge in [0.05, 0.1) is 10.9 Å². The normalized spacial score (nSPS) is 18.4. The summed E-state index contributed by atoms with van der Waals surface area (Å²) in [6.07, 6.45) is 1.49. The van der Waals surface area contributed by atoms with E-state index in [1.54, 1.807) is 12.1 Å². The van der Waals surface area contributed by atoms with Gasteiger partial charge in [-0.05, 0) is 37.1 Å². The summed E-state index contributed by atoms with van der Waals surface area (Å²) in [4.78, 5) is 11.3. The monoisotopic (exact) mass is 377 g/mol. The molecule has 3 rings (SSSR count). The van der Waals surface area contributed by atoms with Crippen molar-refractivity contribution in [3.63, 3.8) is 0 Å². The van der Waals surface area contributed by atoms with E-state index in [4.69, 9.17) is 4.52 Å². The summed E-state index contributed by atoms with van der Waals surface area (Å²) in [5.74, 6) is 0.750. The third-order valence-electron chi connectivity index (χ3n) is 4.44. The lowest BCUT2D eigenvalue weighted by atomic mass is 10.1. The van der Waals surface area contributed by atoms with Gasteiger partial charge in [-0.2, -0.15) is 4.31 Å². The molecule has 1 fully saturated rings. The summed E-state index contributed by atoms with van der Waals surface area (Å²) in [5, 5.41) is 6.73. The molecule has 1 N–H and O–H groups in total. The minimum Gasteiger partial charge on any atom is -0.361 e. The number of hydrogen-bond donors (Lipinski definition) is 1. The molecule has 0 saturated carbocycles. The lowest BCUT2D eigenvalue weighted by Gasteiger charge is -2.22. The maximum Gasteiger partial charge on any atom is 0.243 e. The van der Waals surface area contributed by atoms with E-state index in [1.165, 1.54) is 23.4 Å². The van der Waals surface area contributed by atoms with E-state index in [0.29, 0.717) is 24.3 Å². The first-order valence-electron chi connectivity index (χ1n) is 8.65. The molecule has 0 bridgehead atoms. The molecule has 1 aliphatic heterocycles. The smallest absolute Gasteiger partial charge is 0.243 e. The first kappa shape index (κ1) is 18.6. The Hall–Kier alpha value is -2.19. The van der Waals surface area contributed by atoms with E-state index >= 15 is 0 Å². The number of anilines is 1. The van der Waals surface area contributed by atoms with Crippen LogP contribution in [0.25, 0.3) is 0 Å². The number of rotatable bonds is 5. The largest absolute Gasteiger partial charge is 0.361 e. The molecule has 0 radical (unpaired) electrons. The molecule has 1 aliphatic rings. The van der Waals surface area contributed by atoms with Gasteiger partial charge in [0.1, 0.15) is 11.5 Å². The Morgan fingerprint density at radius 3 is 2.58 bits per heavy atom. The number of nitrogens with one attached hydrogen (secondary N) is 1. The van der Waals surface area contributed by atoms with Crippen LogP contribution in [0.3, 0.4) is 0 Å². The maximum atomic E-state index is 13.1. The molecule has 1 aromatic carbocycles. The molecular formula is C18H23N3O4S. The van der Waals surface area contributed by atoms with Crippen LogP contribution < -0.4 is 5.32 Å². The molecule has 0 aliphatic carbocycles. The van der Waals surface area contributed by atoms with Crippen molar-refractivity contribution in [1.29, 1.82) is 0 Å². The van der Waals surface area contributed by atoms with Crippen LogP contribution in [0.4, 0.5) is 5.69 Å². The number of carbonyl (C=O) groups excluding carboxylic acids is 1. The van der Waals surface area contributed by atoms with E-state index in [0.717, 1.165) is 12.2 Å². The van der Waals surface area contributed by atoms with Crippen LogP contribution in [-0.4, -0.2) is 30.3 Å². The lowest BCUT2D eigenvalue weighted by molar-refractivity contribution is -0.114. The fourth-order valence-electron chi connectivity index (χ4n) is 3.11. The van der Waals surface area contributed by atoms with Gasteiger partial charge >= 0.3 is 0 Å². The van der Waals surface area contributed by atoms with Gasteiger partial charge in [0, 0.05) is 31.1 Å². The van der Waals surface area contributed by atoms with Crippen molar-refractivity contribution in [1.82, 2.24) is 9.46 Å². The summed E-state index contributed by atoms with van der Waals surface area (Å²) in [6, 6.07) is 7.74. The zero-order valence-electron chi connectivity index (χ0n) is 15.1. The Balaban J connectivity index is 1.86. The number of benzene rings is 1. The molecule has 2 aromatic rings. The maximum absolute atomic E-state index is 13.1. The Morgan fingerprint density at radius 1 is 1.31 bits per heavy atom. The minimum atomic E-state index is -3.65. The van der Waals surface area contributed by atoms with Crippen molar-refractivity contribution in [2.45, 2.75) is 50.5 Å². The van der Waals surface area contributed by atoms with Gasteiger partial charge in [0.25, 0.3) is 0 Å². The Bertz CT molecular complexity index is 887. The van der Waals surface area contributed by atoms with Crippen molar-refractivity contribution in [2.24, 2.45) is 0 Å². The van der Waals surface area contributed by atoms with Gasteiger partial charge in [-0.1, -0.05) is 19.0 Å². The molecule has 7 nitrogen and oxygen atoms in total. The minimum absolute atomic E-state index is 0.198. The van der Waals surface area contributed by atoms with Crippen molar-refractivity contribution in [3.8, 4) is 0 Å². The van der Waals surface area contributed by atoms with E-state index < -0.39 is 10.0 Å². The van der Waals surface area contributed by atoms with Gasteiger partial charge in [-0.3, -0.25) is 4.79 Å².